The summed E-state index contributed by atoms with van der Waals surface area (Å²) in [5, 5.41) is 9.49. The van der Waals surface area contributed by atoms with Crippen molar-refractivity contribution in [3.63, 3.8) is 0 Å². The van der Waals surface area contributed by atoms with E-state index in [-0.39, 0.29) is 0 Å². The van der Waals surface area contributed by atoms with Gasteiger partial charge in [0.1, 0.15) is 5.75 Å². The third kappa shape index (κ3) is 3.52. The molecule has 0 aliphatic heterocycles. The number of aromatic hydroxyl groups is 1. The number of phenols is 1. The first kappa shape index (κ1) is 12.6. The molecule has 0 fully saturated rings. The molecule has 0 atom stereocenters. The molecule has 0 aliphatic carbocycles. The standard InChI is InChI=1S/C13H17IO/c1-3-5-10-7-8-11(15)9-12(10)13(14)6-4-2/h6-9,15H,3-5H2,1-2H3. The number of halogens is 1. The number of phenolic OH excluding ortho intramolecular Hbond substituents is 1. The fraction of sp³-hybridized carbons (Fsp3) is 0.385. The number of hydrogen-bond acceptors (Lipinski definition) is 1. The molecule has 0 spiro atoms. The van der Waals surface area contributed by atoms with E-state index in [0.717, 1.165) is 19.3 Å². The molecule has 0 bridgehead atoms. The number of allylic oxidation sites excluding steroid dienone is 1. The summed E-state index contributed by atoms with van der Waals surface area (Å²) >= 11 is 2.34. The maximum atomic E-state index is 9.49. The fourth-order valence-electron chi connectivity index (χ4n) is 1.56. The van der Waals surface area contributed by atoms with E-state index in [2.05, 4.69) is 42.5 Å². The topological polar surface area (TPSA) is 20.2 Å². The highest BCUT2D eigenvalue weighted by Crippen LogP contribution is 2.29. The first-order valence-electron chi connectivity index (χ1n) is 5.37. The Hall–Kier alpha value is -0.510. The highest BCUT2D eigenvalue weighted by Gasteiger charge is 2.05. The molecule has 0 aromatic heterocycles. The Morgan fingerprint density at radius 3 is 2.73 bits per heavy atom. The van der Waals surface area contributed by atoms with Gasteiger partial charge in [0.2, 0.25) is 0 Å². The largest absolute Gasteiger partial charge is 0.508 e. The Labute approximate surface area is 105 Å². The molecule has 15 heavy (non-hydrogen) atoms. The van der Waals surface area contributed by atoms with Gasteiger partial charge in [0.05, 0.1) is 0 Å². The van der Waals surface area contributed by atoms with E-state index in [1.165, 1.54) is 14.7 Å². The van der Waals surface area contributed by atoms with Crippen LogP contribution < -0.4 is 0 Å². The van der Waals surface area contributed by atoms with E-state index in [1.807, 2.05) is 12.1 Å². The minimum absolute atomic E-state index is 0.350. The van der Waals surface area contributed by atoms with Crippen molar-refractivity contribution in [1.82, 2.24) is 0 Å². The minimum atomic E-state index is 0.350. The van der Waals surface area contributed by atoms with Gasteiger partial charge in [-0.3, -0.25) is 0 Å². The normalized spacial score (nSPS) is 11.8. The van der Waals surface area contributed by atoms with Crippen LogP contribution in [0, 0.1) is 0 Å². The van der Waals surface area contributed by atoms with Gasteiger partial charge in [-0.05, 0) is 58.7 Å². The van der Waals surface area contributed by atoms with Gasteiger partial charge < -0.3 is 5.11 Å². The maximum Gasteiger partial charge on any atom is 0.116 e. The highest BCUT2D eigenvalue weighted by atomic mass is 127. The average Bonchev–Trinajstić information content (AvgIpc) is 2.21. The number of aryl methyl sites for hydroxylation is 1. The molecular formula is C13H17IO. The van der Waals surface area contributed by atoms with E-state index < -0.39 is 0 Å². The summed E-state index contributed by atoms with van der Waals surface area (Å²) in [5.74, 6) is 0.350. The second-order valence-corrected chi connectivity index (χ2v) is 4.71. The van der Waals surface area contributed by atoms with Gasteiger partial charge >= 0.3 is 0 Å². The maximum absolute atomic E-state index is 9.49. The summed E-state index contributed by atoms with van der Waals surface area (Å²) < 4.78 is 1.23. The Kier molecular flexibility index (Phi) is 5.15. The molecule has 0 amide bonds. The Balaban J connectivity index is 3.12. The molecule has 0 saturated heterocycles. The quantitative estimate of drug-likeness (QED) is 0.809. The third-order valence-corrected chi connectivity index (χ3v) is 3.27. The van der Waals surface area contributed by atoms with Crippen molar-refractivity contribution in [2.75, 3.05) is 0 Å². The van der Waals surface area contributed by atoms with Gasteiger partial charge in [-0.2, -0.15) is 0 Å². The summed E-state index contributed by atoms with van der Waals surface area (Å²) in [6, 6.07) is 5.65. The summed E-state index contributed by atoms with van der Waals surface area (Å²) in [6.07, 6.45) is 5.42. The van der Waals surface area contributed by atoms with Gasteiger partial charge in [-0.15, -0.1) is 0 Å². The van der Waals surface area contributed by atoms with Gasteiger partial charge in [-0.1, -0.05) is 32.4 Å². The van der Waals surface area contributed by atoms with Gasteiger partial charge in [0, 0.05) is 3.58 Å². The lowest BCUT2D eigenvalue weighted by atomic mass is 10.0. The lowest BCUT2D eigenvalue weighted by Gasteiger charge is -2.08. The van der Waals surface area contributed by atoms with Crippen LogP contribution >= 0.6 is 22.6 Å². The van der Waals surface area contributed by atoms with Crippen LogP contribution in [0.15, 0.2) is 24.3 Å². The molecular weight excluding hydrogens is 299 g/mol. The smallest absolute Gasteiger partial charge is 0.116 e. The zero-order chi connectivity index (χ0) is 11.3. The van der Waals surface area contributed by atoms with Gasteiger partial charge in [-0.25, -0.2) is 0 Å². The lowest BCUT2D eigenvalue weighted by molar-refractivity contribution is 0.475. The van der Waals surface area contributed by atoms with Crippen molar-refractivity contribution >= 4 is 26.2 Å². The van der Waals surface area contributed by atoms with E-state index in [0.29, 0.717) is 5.75 Å². The first-order valence-corrected chi connectivity index (χ1v) is 6.44. The molecule has 1 nitrogen and oxygen atoms in total. The molecule has 1 N–H and O–H groups in total. The van der Waals surface area contributed by atoms with Crippen molar-refractivity contribution in [1.29, 1.82) is 0 Å². The molecule has 0 saturated carbocycles. The highest BCUT2D eigenvalue weighted by molar-refractivity contribution is 14.1. The molecule has 1 aromatic carbocycles. The summed E-state index contributed by atoms with van der Waals surface area (Å²) in [6.45, 7) is 4.30. The zero-order valence-corrected chi connectivity index (χ0v) is 11.4. The van der Waals surface area contributed by atoms with Crippen molar-refractivity contribution in [3.8, 4) is 5.75 Å². The Bertz CT molecular complexity index is 356. The molecule has 1 rings (SSSR count). The summed E-state index contributed by atoms with van der Waals surface area (Å²) in [4.78, 5) is 0. The van der Waals surface area contributed by atoms with Crippen LogP contribution in [0.25, 0.3) is 3.58 Å². The third-order valence-electron chi connectivity index (χ3n) is 2.25. The van der Waals surface area contributed by atoms with Crippen LogP contribution in [0.1, 0.15) is 37.8 Å². The summed E-state index contributed by atoms with van der Waals surface area (Å²) in [7, 11) is 0. The van der Waals surface area contributed by atoms with Crippen molar-refractivity contribution in [2.45, 2.75) is 33.1 Å². The summed E-state index contributed by atoms with van der Waals surface area (Å²) in [5.41, 5.74) is 2.50. The molecule has 2 heteroatoms. The SMILES string of the molecule is CCC=C(I)c1cc(O)ccc1CCC. The van der Waals surface area contributed by atoms with E-state index in [1.54, 1.807) is 6.07 Å². The van der Waals surface area contributed by atoms with Crippen molar-refractivity contribution < 1.29 is 5.11 Å². The molecule has 0 unspecified atom stereocenters. The Morgan fingerprint density at radius 2 is 2.13 bits per heavy atom. The van der Waals surface area contributed by atoms with E-state index in [9.17, 15) is 5.11 Å². The van der Waals surface area contributed by atoms with E-state index >= 15 is 0 Å². The minimum Gasteiger partial charge on any atom is -0.508 e. The second-order valence-electron chi connectivity index (χ2n) is 3.55. The Morgan fingerprint density at radius 1 is 1.40 bits per heavy atom. The monoisotopic (exact) mass is 316 g/mol. The van der Waals surface area contributed by atoms with Crippen LogP contribution in [-0.4, -0.2) is 5.11 Å². The predicted octanol–water partition coefficient (Wildman–Crippen LogP) is 4.53. The first-order chi connectivity index (χ1) is 7.19. The van der Waals surface area contributed by atoms with Crippen molar-refractivity contribution in [3.05, 3.63) is 35.4 Å². The average molecular weight is 316 g/mol. The van der Waals surface area contributed by atoms with Crippen LogP contribution in [0.3, 0.4) is 0 Å². The number of hydrogen-bond donors (Lipinski definition) is 1. The number of rotatable bonds is 4. The van der Waals surface area contributed by atoms with Crippen LogP contribution in [0.2, 0.25) is 0 Å². The van der Waals surface area contributed by atoms with Crippen LogP contribution in [0.5, 0.6) is 5.75 Å². The molecule has 0 aliphatic rings. The van der Waals surface area contributed by atoms with Gasteiger partial charge in [0.25, 0.3) is 0 Å². The molecule has 0 heterocycles. The van der Waals surface area contributed by atoms with E-state index in [4.69, 9.17) is 0 Å². The van der Waals surface area contributed by atoms with Crippen LogP contribution in [0.4, 0.5) is 0 Å². The second kappa shape index (κ2) is 6.16. The fourth-order valence-corrected chi connectivity index (χ4v) is 2.51. The number of benzene rings is 1. The lowest BCUT2D eigenvalue weighted by Crippen LogP contribution is -1.90. The molecule has 1 aromatic rings. The predicted molar refractivity (Wildman–Crippen MR) is 74.4 cm³/mol. The zero-order valence-electron chi connectivity index (χ0n) is 9.26. The molecule has 0 radical (unpaired) electrons. The molecule has 82 valence electrons. The van der Waals surface area contributed by atoms with Crippen LogP contribution in [-0.2, 0) is 6.42 Å². The van der Waals surface area contributed by atoms with Crippen molar-refractivity contribution in [2.24, 2.45) is 0 Å². The van der Waals surface area contributed by atoms with Gasteiger partial charge in [0.15, 0.2) is 0 Å².